The lowest BCUT2D eigenvalue weighted by Gasteiger charge is -2.19. The van der Waals surface area contributed by atoms with Crippen LogP contribution in [0, 0.1) is 0 Å². The molecule has 1 amide bonds. The van der Waals surface area contributed by atoms with E-state index in [1.807, 2.05) is 0 Å². The predicted molar refractivity (Wildman–Crippen MR) is 86.0 cm³/mol. The third-order valence-electron chi connectivity index (χ3n) is 3.90. The molecular weight excluding hydrogens is 369 g/mol. The second kappa shape index (κ2) is 6.78. The van der Waals surface area contributed by atoms with Gasteiger partial charge in [-0.25, -0.2) is 0 Å². The first-order valence-electron chi connectivity index (χ1n) is 7.72. The number of ketones is 1. The molecule has 2 heterocycles. The smallest absolute Gasteiger partial charge is 0.431 e. The number of carbonyl (C=O) groups excluding carboxylic acids is 2. The number of pyridine rings is 1. The van der Waals surface area contributed by atoms with Gasteiger partial charge in [0.2, 0.25) is 0 Å². The van der Waals surface area contributed by atoms with Crippen LogP contribution < -0.4 is 20.8 Å². The summed E-state index contributed by atoms with van der Waals surface area (Å²) in [5.41, 5.74) is 1.76. The van der Waals surface area contributed by atoms with E-state index in [2.05, 4.69) is 0 Å². The third-order valence-corrected chi connectivity index (χ3v) is 3.90. The van der Waals surface area contributed by atoms with E-state index in [0.717, 1.165) is 0 Å². The molecule has 142 valence electrons. The molecule has 1 aromatic carbocycles. The number of hydrogen-bond donors (Lipinski definition) is 1. The quantitative estimate of drug-likeness (QED) is 0.810. The molecule has 0 aliphatic carbocycles. The van der Waals surface area contributed by atoms with E-state index in [1.165, 1.54) is 18.2 Å². The number of hydrogen-bond acceptors (Lipinski definition) is 5. The molecule has 0 radical (unpaired) electrons. The number of halogens is 3. The summed E-state index contributed by atoms with van der Waals surface area (Å²) in [6, 6.07) is 5.37. The topological polar surface area (TPSA) is 101 Å². The normalized spacial score (nSPS) is 13.3. The predicted octanol–water partition coefficient (Wildman–Crippen LogP) is 1.62. The molecule has 1 aliphatic rings. The summed E-state index contributed by atoms with van der Waals surface area (Å²) in [7, 11) is 0. The minimum Gasteiger partial charge on any atom is -0.486 e. The van der Waals surface area contributed by atoms with Crippen molar-refractivity contribution < 1.29 is 32.2 Å². The zero-order valence-electron chi connectivity index (χ0n) is 13.7. The highest BCUT2D eigenvalue weighted by Gasteiger charge is 2.35. The van der Waals surface area contributed by atoms with Gasteiger partial charge in [-0.05, 0) is 30.3 Å². The first-order chi connectivity index (χ1) is 12.7. The molecule has 0 bridgehead atoms. The second-order valence-corrected chi connectivity index (χ2v) is 5.67. The Kier molecular flexibility index (Phi) is 4.64. The maximum atomic E-state index is 13.2. The molecule has 7 nitrogen and oxygen atoms in total. The minimum atomic E-state index is -4.90. The van der Waals surface area contributed by atoms with Crippen LogP contribution in [0.2, 0.25) is 0 Å². The number of benzene rings is 1. The lowest BCUT2D eigenvalue weighted by molar-refractivity contribution is -0.144. The fourth-order valence-electron chi connectivity index (χ4n) is 2.62. The molecular formula is C17H13F3N2O5. The van der Waals surface area contributed by atoms with Crippen LogP contribution in [-0.2, 0) is 12.7 Å². The van der Waals surface area contributed by atoms with E-state index in [0.29, 0.717) is 24.5 Å². The Morgan fingerprint density at radius 3 is 2.37 bits per heavy atom. The highest BCUT2D eigenvalue weighted by Crippen LogP contribution is 2.32. The zero-order chi connectivity index (χ0) is 19.8. The molecule has 0 unspecified atom stereocenters. The van der Waals surface area contributed by atoms with Crippen LogP contribution in [0.5, 0.6) is 11.5 Å². The van der Waals surface area contributed by atoms with Crippen molar-refractivity contribution in [3.63, 3.8) is 0 Å². The third kappa shape index (κ3) is 3.64. The molecule has 2 aromatic rings. The molecule has 0 saturated carbocycles. The highest BCUT2D eigenvalue weighted by molar-refractivity contribution is 5.97. The van der Waals surface area contributed by atoms with Gasteiger partial charge in [-0.3, -0.25) is 19.0 Å². The van der Waals surface area contributed by atoms with Crippen molar-refractivity contribution in [2.75, 3.05) is 13.2 Å². The molecule has 0 spiro atoms. The second-order valence-electron chi connectivity index (χ2n) is 5.67. The average molecular weight is 382 g/mol. The number of fused-ring (bicyclic) bond motifs is 1. The molecule has 10 heteroatoms. The maximum Gasteiger partial charge on any atom is 0.431 e. The van der Waals surface area contributed by atoms with E-state index in [1.54, 1.807) is 0 Å². The zero-order valence-corrected chi connectivity index (χ0v) is 13.7. The van der Waals surface area contributed by atoms with Crippen molar-refractivity contribution in [3.05, 3.63) is 57.5 Å². The fraction of sp³-hybridized carbons (Fsp3) is 0.235. The Morgan fingerprint density at radius 2 is 1.74 bits per heavy atom. The Bertz CT molecular complexity index is 982. The maximum absolute atomic E-state index is 13.2. The van der Waals surface area contributed by atoms with Crippen LogP contribution in [0.3, 0.4) is 0 Å². The minimum absolute atomic E-state index is 0.0313. The number of nitrogens with zero attached hydrogens (tertiary/aromatic N) is 1. The van der Waals surface area contributed by atoms with Crippen LogP contribution in [0.15, 0.2) is 35.1 Å². The molecule has 0 saturated heterocycles. The van der Waals surface area contributed by atoms with Gasteiger partial charge in [0.05, 0.1) is 6.54 Å². The highest BCUT2D eigenvalue weighted by atomic mass is 19.4. The van der Waals surface area contributed by atoms with Gasteiger partial charge in [0.25, 0.3) is 11.5 Å². The van der Waals surface area contributed by atoms with Gasteiger partial charge in [-0.15, -0.1) is 0 Å². The van der Waals surface area contributed by atoms with Crippen molar-refractivity contribution >= 4 is 11.7 Å². The molecule has 0 atom stereocenters. The standard InChI is InChI=1S/C17H13F3N2O5/c18-17(19,20)14-4-2-10(15(21)24)16(25)22(14)8-11(23)9-1-3-12-13(7-9)27-6-5-26-12/h1-4,7H,5-6,8H2,(H2,21,24). The molecule has 0 fully saturated rings. The fourth-order valence-corrected chi connectivity index (χ4v) is 2.62. The molecule has 27 heavy (non-hydrogen) atoms. The lowest BCUT2D eigenvalue weighted by Crippen LogP contribution is -2.35. The molecule has 1 aliphatic heterocycles. The van der Waals surface area contributed by atoms with E-state index in [-0.39, 0.29) is 22.5 Å². The Hall–Kier alpha value is -3.30. The van der Waals surface area contributed by atoms with Gasteiger partial charge >= 0.3 is 6.18 Å². The van der Waals surface area contributed by atoms with Crippen molar-refractivity contribution in [1.82, 2.24) is 4.57 Å². The number of alkyl halides is 3. The Balaban J connectivity index is 2.01. The number of Topliss-reactive ketones (excluding diaryl/α,β-unsaturated/α-hetero) is 1. The summed E-state index contributed by atoms with van der Waals surface area (Å²) in [5.74, 6) is -1.28. The van der Waals surface area contributed by atoms with Crippen LogP contribution in [0.25, 0.3) is 0 Å². The Morgan fingerprint density at radius 1 is 1.07 bits per heavy atom. The van der Waals surface area contributed by atoms with Gasteiger partial charge in [0.1, 0.15) is 24.5 Å². The van der Waals surface area contributed by atoms with Crippen LogP contribution in [-0.4, -0.2) is 29.5 Å². The number of rotatable bonds is 4. The first kappa shape index (κ1) is 18.5. The van der Waals surface area contributed by atoms with Gasteiger partial charge < -0.3 is 15.2 Å². The molecule has 1 aromatic heterocycles. The van der Waals surface area contributed by atoms with Crippen LogP contribution >= 0.6 is 0 Å². The van der Waals surface area contributed by atoms with E-state index < -0.39 is 41.2 Å². The monoisotopic (exact) mass is 382 g/mol. The largest absolute Gasteiger partial charge is 0.486 e. The summed E-state index contributed by atoms with van der Waals surface area (Å²) in [5, 5.41) is 0. The summed E-state index contributed by atoms with van der Waals surface area (Å²) >= 11 is 0. The summed E-state index contributed by atoms with van der Waals surface area (Å²) < 4.78 is 50.5. The number of amides is 1. The molecule has 3 rings (SSSR count). The van der Waals surface area contributed by atoms with Gasteiger partial charge in [0, 0.05) is 5.56 Å². The number of primary amides is 1. The van der Waals surface area contributed by atoms with Crippen molar-refractivity contribution in [1.29, 1.82) is 0 Å². The van der Waals surface area contributed by atoms with E-state index in [9.17, 15) is 27.6 Å². The average Bonchev–Trinajstić information content (AvgIpc) is 2.61. The number of aromatic nitrogens is 1. The van der Waals surface area contributed by atoms with Crippen LogP contribution in [0.1, 0.15) is 26.4 Å². The summed E-state index contributed by atoms with van der Waals surface area (Å²) in [6.45, 7) is -0.317. The van der Waals surface area contributed by atoms with Crippen molar-refractivity contribution in [3.8, 4) is 11.5 Å². The van der Waals surface area contributed by atoms with Crippen LogP contribution in [0.4, 0.5) is 13.2 Å². The number of ether oxygens (including phenoxy) is 2. The molecule has 2 N–H and O–H groups in total. The van der Waals surface area contributed by atoms with E-state index in [4.69, 9.17) is 15.2 Å². The SMILES string of the molecule is NC(=O)c1ccc(C(F)(F)F)n(CC(=O)c2ccc3c(c2)OCCO3)c1=O. The van der Waals surface area contributed by atoms with Crippen molar-refractivity contribution in [2.24, 2.45) is 5.73 Å². The van der Waals surface area contributed by atoms with E-state index >= 15 is 0 Å². The number of carbonyl (C=O) groups is 2. The lowest BCUT2D eigenvalue weighted by atomic mass is 10.1. The van der Waals surface area contributed by atoms with Gasteiger partial charge in [-0.1, -0.05) is 0 Å². The van der Waals surface area contributed by atoms with Crippen molar-refractivity contribution in [2.45, 2.75) is 12.7 Å². The summed E-state index contributed by atoms with van der Waals surface area (Å²) in [4.78, 5) is 36.0. The first-order valence-corrected chi connectivity index (χ1v) is 7.72. The van der Waals surface area contributed by atoms with Gasteiger partial charge in [0.15, 0.2) is 17.3 Å². The van der Waals surface area contributed by atoms with Gasteiger partial charge in [-0.2, -0.15) is 13.2 Å². The summed E-state index contributed by atoms with van der Waals surface area (Å²) in [6.07, 6.45) is -4.90. The number of nitrogens with two attached hydrogens (primary N) is 1. The Labute approximate surface area is 150 Å².